The molecule has 21 heavy (non-hydrogen) atoms. The van der Waals surface area contributed by atoms with Crippen LogP contribution in [0.5, 0.6) is 6.01 Å². The first kappa shape index (κ1) is 15.0. The number of hydrogen-bond acceptors (Lipinski definition) is 7. The van der Waals surface area contributed by atoms with Gasteiger partial charge in [-0.15, -0.1) is 0 Å². The Morgan fingerprint density at radius 3 is 2.67 bits per heavy atom. The van der Waals surface area contributed by atoms with E-state index < -0.39 is 0 Å². The van der Waals surface area contributed by atoms with Crippen LogP contribution >= 0.6 is 0 Å². The van der Waals surface area contributed by atoms with Crippen LogP contribution in [0.4, 0.5) is 11.9 Å². The number of nitrogens with one attached hydrogen (secondary N) is 1. The Morgan fingerprint density at radius 2 is 2.10 bits per heavy atom. The molecule has 0 aliphatic heterocycles. The van der Waals surface area contributed by atoms with Crippen molar-refractivity contribution in [2.45, 2.75) is 26.5 Å². The van der Waals surface area contributed by atoms with Crippen molar-refractivity contribution < 1.29 is 4.74 Å². The monoisotopic (exact) mass is 291 g/mol. The summed E-state index contributed by atoms with van der Waals surface area (Å²) < 4.78 is 7.32. The Labute approximate surface area is 124 Å². The highest BCUT2D eigenvalue weighted by Crippen LogP contribution is 2.16. The normalized spacial score (nSPS) is 10.8. The lowest BCUT2D eigenvalue weighted by Gasteiger charge is -2.17. The van der Waals surface area contributed by atoms with Gasteiger partial charge in [-0.25, -0.2) is 0 Å². The Morgan fingerprint density at radius 1 is 1.33 bits per heavy atom. The van der Waals surface area contributed by atoms with Crippen LogP contribution < -0.4 is 15.0 Å². The third kappa shape index (κ3) is 4.04. The molecule has 0 atom stereocenters. The molecule has 0 amide bonds. The highest BCUT2D eigenvalue weighted by atomic mass is 16.5. The molecule has 1 N–H and O–H groups in total. The summed E-state index contributed by atoms with van der Waals surface area (Å²) in [6.07, 6.45) is 3.79. The third-order valence-electron chi connectivity index (χ3n) is 2.69. The van der Waals surface area contributed by atoms with E-state index in [4.69, 9.17) is 4.74 Å². The highest BCUT2D eigenvalue weighted by molar-refractivity contribution is 5.38. The van der Waals surface area contributed by atoms with Gasteiger partial charge >= 0.3 is 6.01 Å². The minimum Gasteiger partial charge on any atom is -0.461 e. The maximum absolute atomic E-state index is 5.56. The minimum absolute atomic E-state index is 0.00795. The van der Waals surface area contributed by atoms with Crippen molar-refractivity contribution in [3.8, 4) is 6.01 Å². The number of anilines is 2. The van der Waals surface area contributed by atoms with E-state index in [0.717, 1.165) is 5.56 Å². The maximum Gasteiger partial charge on any atom is 0.323 e. The van der Waals surface area contributed by atoms with Gasteiger partial charge in [0.05, 0.1) is 12.3 Å². The van der Waals surface area contributed by atoms with E-state index in [2.05, 4.69) is 25.4 Å². The summed E-state index contributed by atoms with van der Waals surface area (Å²) in [6.45, 7) is 4.52. The summed E-state index contributed by atoms with van der Waals surface area (Å²) in [4.78, 5) is 14.8. The van der Waals surface area contributed by atoms with E-state index in [0.29, 0.717) is 24.5 Å². The SMILES string of the molecule is CNc1nc(OC(C)C)nc(N(C)Cc2cnn(C)c2)n1. The van der Waals surface area contributed by atoms with Gasteiger partial charge < -0.3 is 15.0 Å². The smallest absolute Gasteiger partial charge is 0.323 e. The van der Waals surface area contributed by atoms with Crippen molar-refractivity contribution in [3.63, 3.8) is 0 Å². The van der Waals surface area contributed by atoms with Crippen LogP contribution in [0.15, 0.2) is 12.4 Å². The third-order valence-corrected chi connectivity index (χ3v) is 2.69. The molecule has 8 nitrogen and oxygen atoms in total. The molecule has 0 aromatic carbocycles. The molecular formula is C13H21N7O. The largest absolute Gasteiger partial charge is 0.461 e. The molecule has 0 saturated carbocycles. The molecule has 2 aromatic heterocycles. The molecule has 0 radical (unpaired) electrons. The average molecular weight is 291 g/mol. The Kier molecular flexibility index (Phi) is 4.56. The van der Waals surface area contributed by atoms with Crippen molar-refractivity contribution in [2.24, 2.45) is 7.05 Å². The fourth-order valence-electron chi connectivity index (χ4n) is 1.79. The van der Waals surface area contributed by atoms with E-state index in [1.54, 1.807) is 11.7 Å². The van der Waals surface area contributed by atoms with Crippen molar-refractivity contribution in [2.75, 3.05) is 24.3 Å². The van der Waals surface area contributed by atoms with Gasteiger partial charge in [-0.05, 0) is 13.8 Å². The van der Waals surface area contributed by atoms with Gasteiger partial charge in [-0.1, -0.05) is 0 Å². The maximum atomic E-state index is 5.56. The number of aromatic nitrogens is 5. The molecule has 114 valence electrons. The molecule has 0 spiro atoms. The fraction of sp³-hybridized carbons (Fsp3) is 0.538. The topological polar surface area (TPSA) is 81.0 Å². The summed E-state index contributed by atoms with van der Waals surface area (Å²) in [7, 11) is 5.57. The second-order valence-electron chi connectivity index (χ2n) is 5.04. The van der Waals surface area contributed by atoms with Gasteiger partial charge in [0.2, 0.25) is 11.9 Å². The van der Waals surface area contributed by atoms with Gasteiger partial charge in [0.15, 0.2) is 0 Å². The first-order valence-electron chi connectivity index (χ1n) is 6.77. The van der Waals surface area contributed by atoms with Crippen molar-refractivity contribution in [3.05, 3.63) is 18.0 Å². The first-order valence-corrected chi connectivity index (χ1v) is 6.77. The second-order valence-corrected chi connectivity index (χ2v) is 5.04. The van der Waals surface area contributed by atoms with E-state index >= 15 is 0 Å². The molecule has 2 aromatic rings. The molecular weight excluding hydrogens is 270 g/mol. The summed E-state index contributed by atoms with van der Waals surface area (Å²) in [6, 6.07) is 0.317. The Bertz CT molecular complexity index is 596. The standard InChI is InChI=1S/C13H21N7O/c1-9(2)21-13-17-11(14-3)16-12(18-13)19(4)7-10-6-15-20(5)8-10/h6,8-9H,7H2,1-5H3,(H,14,16,17,18). The van der Waals surface area contributed by atoms with Crippen LogP contribution in [-0.2, 0) is 13.6 Å². The second kappa shape index (κ2) is 6.38. The molecule has 0 aliphatic rings. The number of rotatable bonds is 6. The Balaban J connectivity index is 2.20. The van der Waals surface area contributed by atoms with Gasteiger partial charge in [0.25, 0.3) is 0 Å². The van der Waals surface area contributed by atoms with E-state index in [-0.39, 0.29) is 6.10 Å². The summed E-state index contributed by atoms with van der Waals surface area (Å²) in [5.74, 6) is 1.03. The Hall–Kier alpha value is -2.38. The zero-order valence-electron chi connectivity index (χ0n) is 13.0. The number of hydrogen-bond donors (Lipinski definition) is 1. The van der Waals surface area contributed by atoms with Gasteiger partial charge in [-0.3, -0.25) is 4.68 Å². The lowest BCUT2D eigenvalue weighted by atomic mass is 10.3. The van der Waals surface area contributed by atoms with Gasteiger partial charge in [0.1, 0.15) is 0 Å². The van der Waals surface area contributed by atoms with Gasteiger partial charge in [0, 0.05) is 39.4 Å². The van der Waals surface area contributed by atoms with Crippen LogP contribution in [0.3, 0.4) is 0 Å². The lowest BCUT2D eigenvalue weighted by molar-refractivity contribution is 0.222. The average Bonchev–Trinajstić information content (AvgIpc) is 2.82. The predicted octanol–water partition coefficient (Wildman–Crippen LogP) is 1.07. The number of ether oxygens (including phenoxy) is 1. The van der Waals surface area contributed by atoms with Crippen molar-refractivity contribution in [1.82, 2.24) is 24.7 Å². The molecule has 0 fully saturated rings. The lowest BCUT2D eigenvalue weighted by Crippen LogP contribution is -2.21. The zero-order chi connectivity index (χ0) is 15.4. The van der Waals surface area contributed by atoms with Crippen molar-refractivity contribution in [1.29, 1.82) is 0 Å². The molecule has 2 rings (SSSR count). The van der Waals surface area contributed by atoms with Crippen LogP contribution in [0.2, 0.25) is 0 Å². The summed E-state index contributed by atoms with van der Waals surface area (Å²) in [5, 5.41) is 7.07. The highest BCUT2D eigenvalue weighted by Gasteiger charge is 2.12. The molecule has 2 heterocycles. The summed E-state index contributed by atoms with van der Waals surface area (Å²) >= 11 is 0. The fourth-order valence-corrected chi connectivity index (χ4v) is 1.79. The summed E-state index contributed by atoms with van der Waals surface area (Å²) in [5.41, 5.74) is 1.08. The van der Waals surface area contributed by atoms with E-state index in [1.165, 1.54) is 0 Å². The number of nitrogens with zero attached hydrogens (tertiary/aromatic N) is 6. The van der Waals surface area contributed by atoms with Crippen LogP contribution in [0.25, 0.3) is 0 Å². The predicted molar refractivity (Wildman–Crippen MR) is 80.5 cm³/mol. The molecule has 0 saturated heterocycles. The molecule has 0 aliphatic carbocycles. The molecule has 0 unspecified atom stereocenters. The first-order chi connectivity index (χ1) is 9.97. The van der Waals surface area contributed by atoms with Crippen molar-refractivity contribution >= 4 is 11.9 Å². The van der Waals surface area contributed by atoms with E-state index in [1.807, 2.05) is 45.2 Å². The zero-order valence-corrected chi connectivity index (χ0v) is 13.0. The quantitative estimate of drug-likeness (QED) is 0.852. The molecule has 8 heteroatoms. The minimum atomic E-state index is 0.00795. The van der Waals surface area contributed by atoms with Crippen LogP contribution in [0.1, 0.15) is 19.4 Å². The number of aryl methyl sites for hydroxylation is 1. The van der Waals surface area contributed by atoms with E-state index in [9.17, 15) is 0 Å². The van der Waals surface area contributed by atoms with Crippen LogP contribution in [-0.4, -0.2) is 44.9 Å². The van der Waals surface area contributed by atoms with Gasteiger partial charge in [-0.2, -0.15) is 20.1 Å². The van der Waals surface area contributed by atoms with Crippen LogP contribution in [0, 0.1) is 0 Å². The molecule has 0 bridgehead atoms.